The van der Waals surface area contributed by atoms with Gasteiger partial charge in [0.1, 0.15) is 0 Å². The third-order valence-electron chi connectivity index (χ3n) is 4.94. The normalized spacial score (nSPS) is 11.3. The molecule has 0 aromatic rings. The summed E-state index contributed by atoms with van der Waals surface area (Å²) in [5.41, 5.74) is 0. The van der Waals surface area contributed by atoms with Crippen LogP contribution in [0.5, 0.6) is 0 Å². The molecule has 0 heterocycles. The van der Waals surface area contributed by atoms with Crippen LogP contribution in [0, 0.1) is 0 Å². The van der Waals surface area contributed by atoms with Gasteiger partial charge in [-0.15, -0.1) is 0 Å². The molecule has 0 radical (unpaired) electrons. The number of carboxylic acid groups (broad SMARTS) is 2. The van der Waals surface area contributed by atoms with E-state index in [-0.39, 0.29) is 0 Å². The lowest BCUT2D eigenvalue weighted by molar-refractivity contribution is -0.138. The van der Waals surface area contributed by atoms with E-state index >= 15 is 0 Å². The highest BCUT2D eigenvalue weighted by atomic mass is 16.4. The van der Waals surface area contributed by atoms with Crippen LogP contribution in [-0.2, 0) is 9.59 Å². The summed E-state index contributed by atoms with van der Waals surface area (Å²) in [6.45, 7) is 0. The highest BCUT2D eigenvalue weighted by molar-refractivity contribution is 5.66. The maximum absolute atomic E-state index is 10.4. The summed E-state index contributed by atoms with van der Waals surface area (Å²) in [6.07, 6.45) is 25.3. The number of carbonyl (C=O) groups is 2. The zero-order valence-corrected chi connectivity index (χ0v) is 17.3. The van der Waals surface area contributed by atoms with Gasteiger partial charge in [0.25, 0.3) is 0 Å². The molecule has 0 saturated heterocycles. The van der Waals surface area contributed by atoms with Crippen LogP contribution in [0.4, 0.5) is 0 Å². The van der Waals surface area contributed by atoms with Crippen molar-refractivity contribution in [1.82, 2.24) is 0 Å². The molecule has 158 valence electrons. The SMILES string of the molecule is O=C(O)CCCCCCCCC=CCCCCCCCCCCCC(=O)O. The van der Waals surface area contributed by atoms with Gasteiger partial charge in [-0.2, -0.15) is 0 Å². The number of carboxylic acids is 2. The quantitative estimate of drug-likeness (QED) is 0.164. The van der Waals surface area contributed by atoms with Gasteiger partial charge >= 0.3 is 11.9 Å². The van der Waals surface area contributed by atoms with Crippen molar-refractivity contribution in [3.05, 3.63) is 12.2 Å². The van der Waals surface area contributed by atoms with Crippen molar-refractivity contribution in [3.8, 4) is 0 Å². The molecule has 0 saturated carbocycles. The van der Waals surface area contributed by atoms with Crippen molar-refractivity contribution in [1.29, 1.82) is 0 Å². The third kappa shape index (κ3) is 24.7. The predicted molar refractivity (Wildman–Crippen MR) is 112 cm³/mol. The minimum absolute atomic E-state index is 0.317. The molecule has 0 unspecified atom stereocenters. The van der Waals surface area contributed by atoms with E-state index in [0.717, 1.165) is 25.7 Å². The molecule has 27 heavy (non-hydrogen) atoms. The second-order valence-electron chi connectivity index (χ2n) is 7.64. The molecule has 4 nitrogen and oxygen atoms in total. The van der Waals surface area contributed by atoms with Crippen molar-refractivity contribution < 1.29 is 19.8 Å². The summed E-state index contributed by atoms with van der Waals surface area (Å²) in [4.78, 5) is 20.8. The van der Waals surface area contributed by atoms with Crippen molar-refractivity contribution in [2.45, 2.75) is 122 Å². The molecule has 0 aromatic heterocycles. The van der Waals surface area contributed by atoms with E-state index < -0.39 is 11.9 Å². The lowest BCUT2D eigenvalue weighted by atomic mass is 10.1. The van der Waals surface area contributed by atoms with E-state index in [1.54, 1.807) is 0 Å². The molecular weight excluding hydrogens is 340 g/mol. The molecule has 0 amide bonds. The molecule has 0 aliphatic rings. The van der Waals surface area contributed by atoms with Crippen LogP contribution in [0.1, 0.15) is 122 Å². The first kappa shape index (κ1) is 25.7. The van der Waals surface area contributed by atoms with Gasteiger partial charge in [0.2, 0.25) is 0 Å². The largest absolute Gasteiger partial charge is 0.481 e. The van der Waals surface area contributed by atoms with Gasteiger partial charge in [-0.25, -0.2) is 0 Å². The van der Waals surface area contributed by atoms with Gasteiger partial charge in [-0.3, -0.25) is 9.59 Å². The molecule has 0 atom stereocenters. The van der Waals surface area contributed by atoms with Gasteiger partial charge in [0.15, 0.2) is 0 Å². The van der Waals surface area contributed by atoms with Crippen molar-refractivity contribution >= 4 is 11.9 Å². The number of allylic oxidation sites excluding steroid dienone is 2. The fourth-order valence-electron chi connectivity index (χ4n) is 3.26. The standard InChI is InChI=1S/C23H42O4/c24-22(25)20-18-16-14-12-10-8-6-4-2-1-3-5-7-9-11-13-15-17-19-21-23(26)27/h2,4H,1,3,5-21H2,(H,24,25)(H,26,27). The van der Waals surface area contributed by atoms with Crippen LogP contribution in [0.15, 0.2) is 12.2 Å². The third-order valence-corrected chi connectivity index (χ3v) is 4.94. The second kappa shape index (κ2) is 21.0. The molecule has 0 rings (SSSR count). The summed E-state index contributed by atoms with van der Waals surface area (Å²) in [5, 5.41) is 17.1. The molecule has 0 fully saturated rings. The summed E-state index contributed by atoms with van der Waals surface area (Å²) in [5.74, 6) is -1.35. The van der Waals surface area contributed by atoms with Crippen molar-refractivity contribution in [2.75, 3.05) is 0 Å². The fraction of sp³-hybridized carbons (Fsp3) is 0.826. The van der Waals surface area contributed by atoms with E-state index in [4.69, 9.17) is 10.2 Å². The molecule has 0 aliphatic carbocycles. The molecular formula is C23H42O4. The molecule has 0 bridgehead atoms. The first-order valence-electron chi connectivity index (χ1n) is 11.2. The van der Waals surface area contributed by atoms with Crippen LogP contribution in [-0.4, -0.2) is 22.2 Å². The lowest BCUT2D eigenvalue weighted by Gasteiger charge is -2.01. The number of unbranched alkanes of at least 4 members (excludes halogenated alkanes) is 15. The lowest BCUT2D eigenvalue weighted by Crippen LogP contribution is -1.93. The van der Waals surface area contributed by atoms with Crippen LogP contribution in [0.25, 0.3) is 0 Å². The Morgan fingerprint density at radius 1 is 0.444 bits per heavy atom. The number of aliphatic carboxylic acids is 2. The van der Waals surface area contributed by atoms with Crippen LogP contribution in [0.2, 0.25) is 0 Å². The van der Waals surface area contributed by atoms with Gasteiger partial charge in [-0.05, 0) is 38.5 Å². The number of hydrogen-bond donors (Lipinski definition) is 2. The smallest absolute Gasteiger partial charge is 0.303 e. The molecule has 4 heteroatoms. The summed E-state index contributed by atoms with van der Waals surface area (Å²) in [7, 11) is 0. The Morgan fingerprint density at radius 2 is 0.704 bits per heavy atom. The van der Waals surface area contributed by atoms with E-state index in [1.807, 2.05) is 0 Å². The minimum Gasteiger partial charge on any atom is -0.481 e. The summed E-state index contributed by atoms with van der Waals surface area (Å²) in [6, 6.07) is 0. The van der Waals surface area contributed by atoms with Gasteiger partial charge in [0.05, 0.1) is 0 Å². The van der Waals surface area contributed by atoms with E-state index in [9.17, 15) is 9.59 Å². The van der Waals surface area contributed by atoms with Crippen LogP contribution >= 0.6 is 0 Å². The average Bonchev–Trinajstić information content (AvgIpc) is 2.62. The number of rotatable bonds is 21. The minimum atomic E-state index is -0.676. The van der Waals surface area contributed by atoms with Crippen molar-refractivity contribution in [2.24, 2.45) is 0 Å². The zero-order valence-electron chi connectivity index (χ0n) is 17.3. The first-order chi connectivity index (χ1) is 13.1. The highest BCUT2D eigenvalue weighted by Gasteiger charge is 1.97. The topological polar surface area (TPSA) is 74.6 Å². The zero-order chi connectivity index (χ0) is 20.0. The second-order valence-corrected chi connectivity index (χ2v) is 7.64. The Kier molecular flexibility index (Phi) is 20.0. The molecule has 2 N–H and O–H groups in total. The van der Waals surface area contributed by atoms with Crippen LogP contribution < -0.4 is 0 Å². The Morgan fingerprint density at radius 3 is 1.00 bits per heavy atom. The fourth-order valence-corrected chi connectivity index (χ4v) is 3.26. The summed E-state index contributed by atoms with van der Waals surface area (Å²) >= 11 is 0. The maximum atomic E-state index is 10.4. The number of hydrogen-bond acceptors (Lipinski definition) is 2. The van der Waals surface area contributed by atoms with E-state index in [2.05, 4.69) is 12.2 Å². The molecule has 0 aliphatic heterocycles. The van der Waals surface area contributed by atoms with Gasteiger partial charge in [0, 0.05) is 12.8 Å². The monoisotopic (exact) mass is 382 g/mol. The van der Waals surface area contributed by atoms with Gasteiger partial charge < -0.3 is 10.2 Å². The van der Waals surface area contributed by atoms with E-state index in [1.165, 1.54) is 83.5 Å². The average molecular weight is 383 g/mol. The predicted octanol–water partition coefficient (Wildman–Crippen LogP) is 7.12. The Hall–Kier alpha value is -1.32. The van der Waals surface area contributed by atoms with Gasteiger partial charge in [-0.1, -0.05) is 82.8 Å². The Balaban J connectivity index is 3.10. The summed E-state index contributed by atoms with van der Waals surface area (Å²) < 4.78 is 0. The van der Waals surface area contributed by atoms with Crippen LogP contribution in [0.3, 0.4) is 0 Å². The first-order valence-corrected chi connectivity index (χ1v) is 11.2. The highest BCUT2D eigenvalue weighted by Crippen LogP contribution is 2.12. The Labute approximate surface area is 166 Å². The molecule has 0 spiro atoms. The Bertz CT molecular complexity index is 377. The van der Waals surface area contributed by atoms with E-state index in [0.29, 0.717) is 12.8 Å². The molecule has 0 aromatic carbocycles. The van der Waals surface area contributed by atoms with Crippen molar-refractivity contribution in [3.63, 3.8) is 0 Å². The maximum Gasteiger partial charge on any atom is 0.303 e.